The summed E-state index contributed by atoms with van der Waals surface area (Å²) in [6.45, 7) is 4.08. The molecule has 1 aromatic rings. The Morgan fingerprint density at radius 1 is 1.25 bits per heavy atom. The smallest absolute Gasteiger partial charge is 0.292 e. The van der Waals surface area contributed by atoms with Gasteiger partial charge in [-0.2, -0.15) is 0 Å². The Kier molecular flexibility index (Phi) is 4.33. The van der Waals surface area contributed by atoms with Crippen molar-refractivity contribution in [3.8, 4) is 0 Å². The van der Waals surface area contributed by atoms with Crippen LogP contribution in [0.5, 0.6) is 0 Å². The van der Waals surface area contributed by atoms with E-state index in [1.807, 2.05) is 0 Å². The average molecular weight is 376 g/mol. The van der Waals surface area contributed by atoms with E-state index in [9.17, 15) is 18.0 Å². The summed E-state index contributed by atoms with van der Waals surface area (Å²) < 4.78 is 29.1. The molecule has 8 nitrogen and oxygen atoms in total. The standard InChI is InChI=1S/C14H18ClN3O5S/c1-8(2)13(19)17-3-4-18(10-7-24(21,22)6-9(10)17)14(20)11-5-12(15)16-23-11/h5,8-10H,3-4,6-7H2,1-2H3/t9-,10+/m0/s1. The molecule has 2 fully saturated rings. The van der Waals surface area contributed by atoms with Crippen molar-refractivity contribution in [1.29, 1.82) is 0 Å². The fraction of sp³-hybridized carbons (Fsp3) is 0.643. The lowest BCUT2D eigenvalue weighted by atomic mass is 10.0. The number of sulfone groups is 1. The van der Waals surface area contributed by atoms with Gasteiger partial charge in [0.1, 0.15) is 0 Å². The molecule has 132 valence electrons. The van der Waals surface area contributed by atoms with Gasteiger partial charge in [-0.05, 0) is 0 Å². The third kappa shape index (κ3) is 3.02. The van der Waals surface area contributed by atoms with Crippen molar-refractivity contribution in [3.05, 3.63) is 17.0 Å². The Morgan fingerprint density at radius 3 is 2.38 bits per heavy atom. The minimum atomic E-state index is -3.32. The maximum Gasteiger partial charge on any atom is 0.292 e. The highest BCUT2D eigenvalue weighted by Gasteiger charge is 2.50. The quantitative estimate of drug-likeness (QED) is 0.743. The van der Waals surface area contributed by atoms with Crippen molar-refractivity contribution in [3.63, 3.8) is 0 Å². The SMILES string of the molecule is CC(C)C(=O)N1CCN(C(=O)c2cc(Cl)no2)[C@@H]2CS(=O)(=O)C[C@@H]21. The van der Waals surface area contributed by atoms with Crippen molar-refractivity contribution in [2.75, 3.05) is 24.6 Å². The number of rotatable bonds is 2. The van der Waals surface area contributed by atoms with E-state index in [2.05, 4.69) is 5.16 Å². The van der Waals surface area contributed by atoms with Crippen LogP contribution in [0.25, 0.3) is 0 Å². The van der Waals surface area contributed by atoms with E-state index >= 15 is 0 Å². The van der Waals surface area contributed by atoms with Crippen LogP contribution in [0.4, 0.5) is 0 Å². The molecular weight excluding hydrogens is 358 g/mol. The van der Waals surface area contributed by atoms with Gasteiger partial charge in [0, 0.05) is 25.1 Å². The second-order valence-electron chi connectivity index (χ2n) is 6.41. The largest absolute Gasteiger partial charge is 0.349 e. The lowest BCUT2D eigenvalue weighted by molar-refractivity contribution is -0.139. The Balaban J connectivity index is 1.90. The predicted molar refractivity (Wildman–Crippen MR) is 85.3 cm³/mol. The Labute approximate surface area is 144 Å². The maximum absolute atomic E-state index is 12.6. The molecule has 0 aromatic carbocycles. The van der Waals surface area contributed by atoms with Crippen molar-refractivity contribution >= 4 is 33.3 Å². The molecule has 2 saturated heterocycles. The van der Waals surface area contributed by atoms with Gasteiger partial charge in [0.15, 0.2) is 15.0 Å². The van der Waals surface area contributed by atoms with Gasteiger partial charge in [-0.3, -0.25) is 9.59 Å². The summed E-state index contributed by atoms with van der Waals surface area (Å²) in [5.41, 5.74) is 0. The van der Waals surface area contributed by atoms with Gasteiger partial charge in [-0.25, -0.2) is 8.42 Å². The Bertz CT molecular complexity index is 775. The number of aromatic nitrogens is 1. The van der Waals surface area contributed by atoms with E-state index in [4.69, 9.17) is 16.1 Å². The third-order valence-corrected chi connectivity index (χ3v) is 6.28. The van der Waals surface area contributed by atoms with E-state index in [0.29, 0.717) is 6.54 Å². The summed E-state index contributed by atoms with van der Waals surface area (Å²) in [5.74, 6) is -1.12. The summed E-state index contributed by atoms with van der Waals surface area (Å²) in [6, 6.07) is 0.192. The molecule has 2 aliphatic heterocycles. The highest BCUT2D eigenvalue weighted by molar-refractivity contribution is 7.91. The third-order valence-electron chi connectivity index (χ3n) is 4.41. The molecule has 3 rings (SSSR count). The van der Waals surface area contributed by atoms with Crippen LogP contribution in [-0.2, 0) is 14.6 Å². The first-order valence-corrected chi connectivity index (χ1v) is 9.83. The number of hydrogen-bond donors (Lipinski definition) is 0. The van der Waals surface area contributed by atoms with Gasteiger partial charge in [-0.1, -0.05) is 30.6 Å². The van der Waals surface area contributed by atoms with Crippen LogP contribution >= 0.6 is 11.6 Å². The second-order valence-corrected chi connectivity index (χ2v) is 8.95. The average Bonchev–Trinajstić information content (AvgIpc) is 3.06. The molecule has 0 spiro atoms. The van der Waals surface area contributed by atoms with Crippen molar-refractivity contribution in [2.24, 2.45) is 5.92 Å². The lowest BCUT2D eigenvalue weighted by Gasteiger charge is -2.44. The zero-order chi connectivity index (χ0) is 17.6. The van der Waals surface area contributed by atoms with E-state index < -0.39 is 27.8 Å². The number of fused-ring (bicyclic) bond motifs is 1. The van der Waals surface area contributed by atoms with Gasteiger partial charge >= 0.3 is 0 Å². The van der Waals surface area contributed by atoms with E-state index in [1.165, 1.54) is 11.0 Å². The van der Waals surface area contributed by atoms with Crippen LogP contribution in [0, 0.1) is 5.92 Å². The molecule has 2 atom stereocenters. The first-order valence-electron chi connectivity index (χ1n) is 7.63. The van der Waals surface area contributed by atoms with Crippen LogP contribution in [0.15, 0.2) is 10.6 Å². The summed E-state index contributed by atoms with van der Waals surface area (Å²) in [6.07, 6.45) is 0. The molecular formula is C14H18ClN3O5S. The van der Waals surface area contributed by atoms with Crippen molar-refractivity contribution in [2.45, 2.75) is 25.9 Å². The molecule has 2 aliphatic rings. The molecule has 24 heavy (non-hydrogen) atoms. The normalized spacial score (nSPS) is 25.8. The highest BCUT2D eigenvalue weighted by Crippen LogP contribution is 2.29. The van der Waals surface area contributed by atoms with Crippen LogP contribution in [0.2, 0.25) is 5.15 Å². The number of hydrogen-bond acceptors (Lipinski definition) is 6. The molecule has 0 unspecified atom stereocenters. The zero-order valence-electron chi connectivity index (χ0n) is 13.3. The summed E-state index contributed by atoms with van der Waals surface area (Å²) in [5, 5.41) is 3.53. The van der Waals surface area contributed by atoms with Gasteiger partial charge in [0.05, 0.1) is 23.6 Å². The van der Waals surface area contributed by atoms with Crippen molar-refractivity contribution in [1.82, 2.24) is 15.0 Å². The monoisotopic (exact) mass is 375 g/mol. The molecule has 10 heteroatoms. The predicted octanol–water partition coefficient (Wildman–Crippen LogP) is 0.434. The molecule has 0 bridgehead atoms. The summed E-state index contributed by atoms with van der Waals surface area (Å²) in [7, 11) is -3.32. The van der Waals surface area contributed by atoms with E-state index in [1.54, 1.807) is 18.7 Å². The number of halogens is 1. The lowest BCUT2D eigenvalue weighted by Crippen LogP contribution is -2.62. The van der Waals surface area contributed by atoms with E-state index in [0.717, 1.165) is 0 Å². The highest BCUT2D eigenvalue weighted by atomic mass is 35.5. The molecule has 1 aromatic heterocycles. The molecule has 0 N–H and O–H groups in total. The second kappa shape index (κ2) is 6.03. The number of piperazine rings is 1. The van der Waals surface area contributed by atoms with Crippen LogP contribution < -0.4 is 0 Å². The van der Waals surface area contributed by atoms with Crippen molar-refractivity contribution < 1.29 is 22.5 Å². The maximum atomic E-state index is 12.6. The minimum Gasteiger partial charge on any atom is -0.349 e. The fourth-order valence-electron chi connectivity index (χ4n) is 3.31. The topological polar surface area (TPSA) is 101 Å². The zero-order valence-corrected chi connectivity index (χ0v) is 14.9. The molecule has 0 radical (unpaired) electrons. The first-order chi connectivity index (χ1) is 11.2. The van der Waals surface area contributed by atoms with Gasteiger partial charge in [0.25, 0.3) is 5.91 Å². The minimum absolute atomic E-state index is 0.0355. The first kappa shape index (κ1) is 17.2. The number of carbonyl (C=O) groups excluding carboxylic acids is 2. The molecule has 0 aliphatic carbocycles. The van der Waals surface area contributed by atoms with Gasteiger partial charge in [0.2, 0.25) is 11.7 Å². The Hall–Kier alpha value is -1.61. The number of nitrogens with zero attached hydrogens (tertiary/aromatic N) is 3. The fourth-order valence-corrected chi connectivity index (χ4v) is 5.42. The molecule has 0 saturated carbocycles. The summed E-state index contributed by atoms with van der Waals surface area (Å²) >= 11 is 5.68. The number of amides is 2. The summed E-state index contributed by atoms with van der Waals surface area (Å²) in [4.78, 5) is 28.0. The van der Waals surface area contributed by atoms with E-state index in [-0.39, 0.29) is 40.8 Å². The molecule has 3 heterocycles. The Morgan fingerprint density at radius 2 is 1.83 bits per heavy atom. The van der Waals surface area contributed by atoms with Gasteiger partial charge in [-0.15, -0.1) is 0 Å². The van der Waals surface area contributed by atoms with Crippen LogP contribution in [0.3, 0.4) is 0 Å². The van der Waals surface area contributed by atoms with Crippen LogP contribution in [-0.4, -0.2) is 71.9 Å². The van der Waals surface area contributed by atoms with Crippen LogP contribution in [0.1, 0.15) is 24.4 Å². The number of carbonyl (C=O) groups is 2. The van der Waals surface area contributed by atoms with Gasteiger partial charge < -0.3 is 14.3 Å². The molecule has 2 amide bonds.